The second kappa shape index (κ2) is 7.29. The molecule has 0 heterocycles. The van der Waals surface area contributed by atoms with E-state index in [2.05, 4.69) is 12.2 Å². The van der Waals surface area contributed by atoms with Gasteiger partial charge in [-0.3, -0.25) is 9.59 Å². The van der Waals surface area contributed by atoms with E-state index in [1.807, 2.05) is 6.92 Å². The number of ether oxygens (including phenoxy) is 1. The van der Waals surface area contributed by atoms with Gasteiger partial charge in [-0.15, -0.1) is 0 Å². The molecule has 0 radical (unpaired) electrons. The summed E-state index contributed by atoms with van der Waals surface area (Å²) in [6.45, 7) is 4.07. The normalized spacial score (nSPS) is 32.1. The Labute approximate surface area is 162 Å². The van der Waals surface area contributed by atoms with Crippen molar-refractivity contribution < 1.29 is 14.3 Å². The fourth-order valence-electron chi connectivity index (χ4n) is 6.23. The maximum Gasteiger partial charge on any atom is 0.258 e. The second-order valence-corrected chi connectivity index (χ2v) is 9.16. The van der Waals surface area contributed by atoms with E-state index in [4.69, 9.17) is 4.74 Å². The number of hydrogen-bond acceptors (Lipinski definition) is 3. The van der Waals surface area contributed by atoms with Crippen molar-refractivity contribution in [1.29, 1.82) is 0 Å². The molecule has 4 nitrogen and oxygen atoms in total. The number of rotatable bonds is 7. The quantitative estimate of drug-likeness (QED) is 0.726. The van der Waals surface area contributed by atoms with E-state index in [-0.39, 0.29) is 24.3 Å². The first-order chi connectivity index (χ1) is 13.0. The highest BCUT2D eigenvalue weighted by Crippen LogP contribution is 2.61. The lowest BCUT2D eigenvalue weighted by molar-refractivity contribution is -0.127. The van der Waals surface area contributed by atoms with Gasteiger partial charge >= 0.3 is 0 Å². The zero-order valence-electron chi connectivity index (χ0n) is 16.5. The Balaban J connectivity index is 1.30. The molecule has 1 atom stereocenters. The van der Waals surface area contributed by atoms with E-state index >= 15 is 0 Å². The van der Waals surface area contributed by atoms with Gasteiger partial charge in [0.15, 0.2) is 12.4 Å². The number of carbonyl (C=O) groups excluding carboxylic acids is 2. The molecule has 4 aliphatic rings. The molecular formula is C23H31NO3. The average Bonchev–Trinajstić information content (AvgIpc) is 2.65. The lowest BCUT2D eigenvalue weighted by Gasteiger charge is -2.59. The summed E-state index contributed by atoms with van der Waals surface area (Å²) in [5.41, 5.74) is 0.997. The first-order valence-corrected chi connectivity index (χ1v) is 10.5. The molecular weight excluding hydrogens is 338 g/mol. The molecule has 0 unspecified atom stereocenters. The van der Waals surface area contributed by atoms with Crippen LogP contribution in [-0.4, -0.2) is 24.3 Å². The number of hydrogen-bond donors (Lipinski definition) is 1. The summed E-state index contributed by atoms with van der Waals surface area (Å²) in [5.74, 6) is 3.35. The minimum Gasteiger partial charge on any atom is -0.484 e. The van der Waals surface area contributed by atoms with Crippen molar-refractivity contribution >= 4 is 11.7 Å². The molecule has 5 rings (SSSR count). The van der Waals surface area contributed by atoms with Crippen LogP contribution < -0.4 is 10.1 Å². The molecule has 0 spiro atoms. The largest absolute Gasteiger partial charge is 0.484 e. The monoisotopic (exact) mass is 369 g/mol. The second-order valence-electron chi connectivity index (χ2n) is 9.16. The summed E-state index contributed by atoms with van der Waals surface area (Å²) in [7, 11) is 0. The van der Waals surface area contributed by atoms with Crippen LogP contribution in [0.25, 0.3) is 0 Å². The van der Waals surface area contributed by atoms with Crippen LogP contribution in [0.3, 0.4) is 0 Å². The predicted molar refractivity (Wildman–Crippen MR) is 105 cm³/mol. The molecule has 4 bridgehead atoms. The smallest absolute Gasteiger partial charge is 0.258 e. The van der Waals surface area contributed by atoms with Gasteiger partial charge in [-0.1, -0.05) is 6.92 Å². The summed E-state index contributed by atoms with van der Waals surface area (Å²) in [6, 6.07) is 7.26. The molecule has 4 fully saturated rings. The van der Waals surface area contributed by atoms with Crippen LogP contribution in [0.1, 0.15) is 69.2 Å². The van der Waals surface area contributed by atoms with Crippen LogP contribution in [0.2, 0.25) is 0 Å². The van der Waals surface area contributed by atoms with Crippen LogP contribution in [0.15, 0.2) is 24.3 Å². The maximum atomic E-state index is 12.5. The summed E-state index contributed by atoms with van der Waals surface area (Å²) in [5, 5.41) is 3.23. The number of benzene rings is 1. The van der Waals surface area contributed by atoms with Crippen LogP contribution in [0.5, 0.6) is 5.75 Å². The molecule has 4 saturated carbocycles. The molecule has 146 valence electrons. The lowest BCUT2D eigenvalue weighted by Crippen LogP contribution is -2.56. The molecule has 27 heavy (non-hydrogen) atoms. The molecule has 0 aromatic heterocycles. The van der Waals surface area contributed by atoms with E-state index in [1.165, 1.54) is 38.5 Å². The number of amides is 1. The summed E-state index contributed by atoms with van der Waals surface area (Å²) in [4.78, 5) is 24.1. The Morgan fingerprint density at radius 1 is 1.07 bits per heavy atom. The van der Waals surface area contributed by atoms with Crippen molar-refractivity contribution in [3.8, 4) is 5.75 Å². The SMILES string of the molecule is CCC(=O)c1ccc(OCC(=O)N[C@@H](C)C23CC4CC(CC(C4)C2)C3)cc1. The van der Waals surface area contributed by atoms with Crippen molar-refractivity contribution in [1.82, 2.24) is 5.32 Å². The number of Topliss-reactive ketones (excluding diaryl/α,β-unsaturated/α-hetero) is 1. The van der Waals surface area contributed by atoms with Crippen molar-refractivity contribution in [3.63, 3.8) is 0 Å². The number of ketones is 1. The van der Waals surface area contributed by atoms with Gasteiger partial charge in [-0.2, -0.15) is 0 Å². The lowest BCUT2D eigenvalue weighted by atomic mass is 9.48. The maximum absolute atomic E-state index is 12.5. The molecule has 4 heteroatoms. The first kappa shape index (κ1) is 18.5. The predicted octanol–water partition coefficient (Wildman–Crippen LogP) is 4.38. The van der Waals surface area contributed by atoms with Crippen molar-refractivity contribution in [2.24, 2.45) is 23.2 Å². The van der Waals surface area contributed by atoms with Gasteiger partial charge in [0.1, 0.15) is 5.75 Å². The van der Waals surface area contributed by atoms with Crippen molar-refractivity contribution in [3.05, 3.63) is 29.8 Å². The van der Waals surface area contributed by atoms with Crippen molar-refractivity contribution in [2.75, 3.05) is 6.61 Å². The average molecular weight is 370 g/mol. The molecule has 4 aliphatic carbocycles. The molecule has 0 aliphatic heterocycles. The van der Waals surface area contributed by atoms with E-state index in [0.29, 0.717) is 23.1 Å². The molecule has 1 aromatic rings. The van der Waals surface area contributed by atoms with E-state index in [9.17, 15) is 9.59 Å². The van der Waals surface area contributed by atoms with Gasteiger partial charge in [-0.05, 0) is 92.9 Å². The third-order valence-electron chi connectivity index (χ3n) is 7.25. The standard InChI is InChI=1S/C23H31NO3/c1-3-21(25)19-4-6-20(7-5-19)27-14-22(26)24-15(2)23-11-16-8-17(12-23)10-18(9-16)13-23/h4-7,15-18H,3,8-14H2,1-2H3,(H,24,26)/t15-,16?,17?,18?,23?/m0/s1. The van der Waals surface area contributed by atoms with E-state index in [1.54, 1.807) is 24.3 Å². The molecule has 1 amide bonds. The highest BCUT2D eigenvalue weighted by Gasteiger charge is 2.53. The highest BCUT2D eigenvalue weighted by molar-refractivity contribution is 5.95. The van der Waals surface area contributed by atoms with Gasteiger partial charge in [0.25, 0.3) is 5.91 Å². The Kier molecular flexibility index (Phi) is 5.00. The van der Waals surface area contributed by atoms with E-state index < -0.39 is 0 Å². The Morgan fingerprint density at radius 2 is 1.63 bits per heavy atom. The zero-order valence-corrected chi connectivity index (χ0v) is 16.5. The Morgan fingerprint density at radius 3 is 2.15 bits per heavy atom. The van der Waals surface area contributed by atoms with Crippen LogP contribution in [-0.2, 0) is 4.79 Å². The minimum atomic E-state index is -0.0491. The van der Waals surface area contributed by atoms with Gasteiger partial charge in [0.05, 0.1) is 0 Å². The highest BCUT2D eigenvalue weighted by atomic mass is 16.5. The summed E-state index contributed by atoms with van der Waals surface area (Å²) in [6.07, 6.45) is 8.60. The molecule has 0 saturated heterocycles. The van der Waals surface area contributed by atoms with Gasteiger partial charge in [0, 0.05) is 18.0 Å². The Hall–Kier alpha value is -1.84. The van der Waals surface area contributed by atoms with Crippen molar-refractivity contribution in [2.45, 2.75) is 64.8 Å². The van der Waals surface area contributed by atoms with E-state index in [0.717, 1.165) is 17.8 Å². The molecule has 1 N–H and O–H groups in total. The van der Waals surface area contributed by atoms with Gasteiger partial charge in [-0.25, -0.2) is 0 Å². The topological polar surface area (TPSA) is 55.4 Å². The fraction of sp³-hybridized carbons (Fsp3) is 0.652. The third-order valence-corrected chi connectivity index (χ3v) is 7.25. The van der Waals surface area contributed by atoms with Crippen LogP contribution >= 0.6 is 0 Å². The number of nitrogens with one attached hydrogen (secondary N) is 1. The fourth-order valence-corrected chi connectivity index (χ4v) is 6.23. The number of carbonyl (C=O) groups is 2. The molecule has 1 aromatic carbocycles. The third kappa shape index (κ3) is 3.76. The summed E-state index contributed by atoms with van der Waals surface area (Å²) < 4.78 is 5.63. The zero-order chi connectivity index (χ0) is 19.0. The minimum absolute atomic E-state index is 0.0256. The van der Waals surface area contributed by atoms with Crippen LogP contribution in [0.4, 0.5) is 0 Å². The first-order valence-electron chi connectivity index (χ1n) is 10.5. The van der Waals surface area contributed by atoms with Gasteiger partial charge < -0.3 is 10.1 Å². The Bertz CT molecular complexity index is 674. The summed E-state index contributed by atoms with van der Waals surface area (Å²) >= 11 is 0. The van der Waals surface area contributed by atoms with Gasteiger partial charge in [0.2, 0.25) is 0 Å². The van der Waals surface area contributed by atoms with Crippen LogP contribution in [0, 0.1) is 23.2 Å².